The lowest BCUT2D eigenvalue weighted by molar-refractivity contribution is -0.144. The van der Waals surface area contributed by atoms with E-state index < -0.39 is 17.8 Å². The first-order chi connectivity index (χ1) is 9.82. The molecular weight excluding hydrogens is 272 g/mol. The average Bonchev–Trinajstić information content (AvgIpc) is 2.44. The fraction of sp³-hybridized carbons (Fsp3) is 0.400. The summed E-state index contributed by atoms with van der Waals surface area (Å²) >= 11 is 0. The molecule has 0 aliphatic heterocycles. The van der Waals surface area contributed by atoms with E-state index in [1.165, 1.54) is 6.92 Å². The van der Waals surface area contributed by atoms with Crippen molar-refractivity contribution in [2.45, 2.75) is 20.8 Å². The van der Waals surface area contributed by atoms with Crippen LogP contribution in [0.1, 0.15) is 31.1 Å². The Morgan fingerprint density at radius 3 is 2.33 bits per heavy atom. The quantitative estimate of drug-likeness (QED) is 0.696. The van der Waals surface area contributed by atoms with Gasteiger partial charge in [-0.1, -0.05) is 26.0 Å². The number of carbonyl (C=O) groups is 3. The van der Waals surface area contributed by atoms with E-state index in [9.17, 15) is 14.4 Å². The maximum atomic E-state index is 12.1. The molecule has 114 valence electrons. The Morgan fingerprint density at radius 2 is 1.76 bits per heavy atom. The van der Waals surface area contributed by atoms with E-state index in [2.05, 4.69) is 10.6 Å². The smallest absolute Gasteiger partial charge is 0.315 e. The van der Waals surface area contributed by atoms with Gasteiger partial charge in [-0.25, -0.2) is 0 Å². The molecule has 2 amide bonds. The van der Waals surface area contributed by atoms with Crippen LogP contribution >= 0.6 is 0 Å². The molecule has 1 atom stereocenters. The second-order valence-corrected chi connectivity index (χ2v) is 5.20. The summed E-state index contributed by atoms with van der Waals surface area (Å²) in [6.45, 7) is 5.76. The van der Waals surface area contributed by atoms with Gasteiger partial charge in [0.1, 0.15) is 5.92 Å². The normalized spacial score (nSPS) is 11.8. The third-order valence-electron chi connectivity index (χ3n) is 2.86. The lowest BCUT2D eigenvalue weighted by atomic mass is 10.1. The van der Waals surface area contributed by atoms with Crippen LogP contribution in [-0.2, 0) is 9.59 Å². The SMILES string of the molecule is CC(C)CNC(=O)c1ccccc1NC(=O)C(C)C(=O)O. The number of amides is 2. The molecule has 21 heavy (non-hydrogen) atoms. The van der Waals surface area contributed by atoms with Gasteiger partial charge in [-0.15, -0.1) is 0 Å². The maximum absolute atomic E-state index is 12.1. The minimum atomic E-state index is -1.21. The van der Waals surface area contributed by atoms with E-state index in [1.807, 2.05) is 13.8 Å². The lowest BCUT2D eigenvalue weighted by Gasteiger charge is -2.13. The molecule has 0 bridgehead atoms. The first kappa shape index (κ1) is 16.7. The standard InChI is InChI=1S/C15H20N2O4/c1-9(2)8-16-14(19)11-6-4-5-7-12(11)17-13(18)10(3)15(20)21/h4-7,9-10H,8H2,1-3H3,(H,16,19)(H,17,18)(H,20,21). The first-order valence-corrected chi connectivity index (χ1v) is 6.73. The van der Waals surface area contributed by atoms with E-state index in [4.69, 9.17) is 5.11 Å². The number of benzene rings is 1. The molecule has 1 aromatic carbocycles. The molecule has 0 radical (unpaired) electrons. The molecule has 0 saturated carbocycles. The molecule has 0 saturated heterocycles. The number of hydrogen-bond donors (Lipinski definition) is 3. The van der Waals surface area contributed by atoms with Crippen LogP contribution in [0.2, 0.25) is 0 Å². The van der Waals surface area contributed by atoms with Crippen molar-refractivity contribution in [1.29, 1.82) is 0 Å². The first-order valence-electron chi connectivity index (χ1n) is 6.73. The molecule has 6 heteroatoms. The summed E-state index contributed by atoms with van der Waals surface area (Å²) in [5.74, 6) is -3.05. The number of aliphatic carboxylic acids is 1. The number of hydrogen-bond acceptors (Lipinski definition) is 3. The van der Waals surface area contributed by atoms with Crippen LogP contribution in [0.3, 0.4) is 0 Å². The van der Waals surface area contributed by atoms with Crippen LogP contribution < -0.4 is 10.6 Å². The van der Waals surface area contributed by atoms with Gasteiger partial charge in [0.15, 0.2) is 0 Å². The van der Waals surface area contributed by atoms with Gasteiger partial charge in [-0.2, -0.15) is 0 Å². The van der Waals surface area contributed by atoms with Crippen molar-refractivity contribution in [1.82, 2.24) is 5.32 Å². The fourth-order valence-corrected chi connectivity index (χ4v) is 1.54. The number of para-hydroxylation sites is 1. The predicted octanol–water partition coefficient (Wildman–Crippen LogP) is 1.73. The van der Waals surface area contributed by atoms with E-state index in [-0.39, 0.29) is 5.91 Å². The minimum Gasteiger partial charge on any atom is -0.481 e. The molecule has 0 fully saturated rings. The molecule has 1 aromatic rings. The Morgan fingerprint density at radius 1 is 1.14 bits per heavy atom. The van der Waals surface area contributed by atoms with Gasteiger partial charge in [0.25, 0.3) is 5.91 Å². The largest absolute Gasteiger partial charge is 0.481 e. The lowest BCUT2D eigenvalue weighted by Crippen LogP contribution is -2.30. The van der Waals surface area contributed by atoms with Crippen molar-refractivity contribution in [2.75, 3.05) is 11.9 Å². The number of carbonyl (C=O) groups excluding carboxylic acids is 2. The van der Waals surface area contributed by atoms with Crippen molar-refractivity contribution in [3.63, 3.8) is 0 Å². The van der Waals surface area contributed by atoms with Gasteiger partial charge in [0, 0.05) is 6.54 Å². The summed E-state index contributed by atoms with van der Waals surface area (Å²) < 4.78 is 0. The third-order valence-corrected chi connectivity index (χ3v) is 2.86. The molecule has 6 nitrogen and oxygen atoms in total. The van der Waals surface area contributed by atoms with Crippen LogP contribution in [-0.4, -0.2) is 29.4 Å². The Labute approximate surface area is 123 Å². The highest BCUT2D eigenvalue weighted by Gasteiger charge is 2.22. The Balaban J connectivity index is 2.87. The number of nitrogens with one attached hydrogen (secondary N) is 2. The van der Waals surface area contributed by atoms with Gasteiger partial charge >= 0.3 is 5.97 Å². The van der Waals surface area contributed by atoms with Crippen molar-refractivity contribution in [2.24, 2.45) is 11.8 Å². The Kier molecular flexibility index (Phi) is 5.90. The minimum absolute atomic E-state index is 0.303. The highest BCUT2D eigenvalue weighted by atomic mass is 16.4. The van der Waals surface area contributed by atoms with Crippen LogP contribution in [0, 0.1) is 11.8 Å². The number of rotatable bonds is 6. The Bertz CT molecular complexity index is 540. The second kappa shape index (κ2) is 7.42. The average molecular weight is 292 g/mol. The summed E-state index contributed by atoms with van der Waals surface area (Å²) in [4.78, 5) is 34.6. The van der Waals surface area contributed by atoms with Gasteiger partial charge in [0.05, 0.1) is 11.3 Å². The van der Waals surface area contributed by atoms with Gasteiger partial charge in [-0.3, -0.25) is 14.4 Å². The monoisotopic (exact) mass is 292 g/mol. The summed E-state index contributed by atoms with van der Waals surface area (Å²) in [5.41, 5.74) is 0.612. The second-order valence-electron chi connectivity index (χ2n) is 5.20. The summed E-state index contributed by atoms with van der Waals surface area (Å²) in [5, 5.41) is 14.1. The van der Waals surface area contributed by atoms with E-state index in [0.717, 1.165) is 0 Å². The molecular formula is C15H20N2O4. The zero-order valence-corrected chi connectivity index (χ0v) is 12.3. The molecule has 1 unspecified atom stereocenters. The van der Waals surface area contributed by atoms with Crippen LogP contribution in [0.25, 0.3) is 0 Å². The van der Waals surface area contributed by atoms with E-state index in [1.54, 1.807) is 24.3 Å². The van der Waals surface area contributed by atoms with E-state index >= 15 is 0 Å². The third kappa shape index (κ3) is 4.91. The summed E-state index contributed by atoms with van der Waals surface area (Å²) in [6, 6.07) is 6.49. The highest BCUT2D eigenvalue weighted by Crippen LogP contribution is 2.16. The fourth-order valence-electron chi connectivity index (χ4n) is 1.54. The zero-order valence-electron chi connectivity index (χ0n) is 12.3. The van der Waals surface area contributed by atoms with Gasteiger partial charge in [-0.05, 0) is 25.0 Å². The maximum Gasteiger partial charge on any atom is 0.315 e. The van der Waals surface area contributed by atoms with Gasteiger partial charge in [0.2, 0.25) is 5.91 Å². The molecule has 3 N–H and O–H groups in total. The topological polar surface area (TPSA) is 95.5 Å². The summed E-state index contributed by atoms with van der Waals surface area (Å²) in [6.07, 6.45) is 0. The summed E-state index contributed by atoms with van der Waals surface area (Å²) in [7, 11) is 0. The predicted molar refractivity (Wildman–Crippen MR) is 79.0 cm³/mol. The van der Waals surface area contributed by atoms with E-state index in [0.29, 0.717) is 23.7 Å². The van der Waals surface area contributed by atoms with Crippen LogP contribution in [0.4, 0.5) is 5.69 Å². The van der Waals surface area contributed by atoms with Crippen LogP contribution in [0.5, 0.6) is 0 Å². The molecule has 0 heterocycles. The highest BCUT2D eigenvalue weighted by molar-refractivity contribution is 6.08. The Hall–Kier alpha value is -2.37. The van der Waals surface area contributed by atoms with Crippen molar-refractivity contribution < 1.29 is 19.5 Å². The number of anilines is 1. The number of carboxylic acid groups (broad SMARTS) is 1. The van der Waals surface area contributed by atoms with Crippen molar-refractivity contribution in [3.8, 4) is 0 Å². The number of carboxylic acids is 1. The molecule has 1 rings (SSSR count). The van der Waals surface area contributed by atoms with Crippen LogP contribution in [0.15, 0.2) is 24.3 Å². The van der Waals surface area contributed by atoms with Gasteiger partial charge < -0.3 is 15.7 Å². The molecule has 0 aromatic heterocycles. The molecule has 0 aliphatic carbocycles. The molecule has 0 spiro atoms. The molecule has 0 aliphatic rings. The van der Waals surface area contributed by atoms with Crippen molar-refractivity contribution in [3.05, 3.63) is 29.8 Å². The van der Waals surface area contributed by atoms with Crippen molar-refractivity contribution >= 4 is 23.5 Å². The zero-order chi connectivity index (χ0) is 16.0.